The Morgan fingerprint density at radius 3 is 2.41 bits per heavy atom. The van der Waals surface area contributed by atoms with Crippen molar-refractivity contribution in [2.75, 3.05) is 23.0 Å². The van der Waals surface area contributed by atoms with Crippen molar-refractivity contribution in [2.45, 2.75) is 19.1 Å². The first-order chi connectivity index (χ1) is 8.03. The first kappa shape index (κ1) is 12.4. The van der Waals surface area contributed by atoms with E-state index in [1.807, 2.05) is 42.2 Å². The van der Waals surface area contributed by atoms with Crippen molar-refractivity contribution >= 4 is 15.5 Å². The molecule has 1 N–H and O–H groups in total. The van der Waals surface area contributed by atoms with E-state index in [-0.39, 0.29) is 17.5 Å². The quantitative estimate of drug-likeness (QED) is 0.862. The van der Waals surface area contributed by atoms with Crippen LogP contribution < -0.4 is 4.90 Å². The second-order valence-electron chi connectivity index (χ2n) is 4.33. The minimum Gasteiger partial charge on any atom is -0.390 e. The average Bonchev–Trinajstić information content (AvgIpc) is 2.55. The fourth-order valence-electron chi connectivity index (χ4n) is 2.34. The number of rotatable bonds is 3. The lowest BCUT2D eigenvalue weighted by Gasteiger charge is -2.31. The minimum absolute atomic E-state index is 0.0386. The summed E-state index contributed by atoms with van der Waals surface area (Å²) in [4.78, 5) is 1.95. The fourth-order valence-corrected chi connectivity index (χ4v) is 4.14. The van der Waals surface area contributed by atoms with Gasteiger partial charge in [-0.05, 0) is 19.1 Å². The van der Waals surface area contributed by atoms with Crippen LogP contribution in [0.1, 0.15) is 6.92 Å². The summed E-state index contributed by atoms with van der Waals surface area (Å²) < 4.78 is 23.0. The highest BCUT2D eigenvalue weighted by atomic mass is 32.2. The molecule has 1 aromatic rings. The molecule has 4 nitrogen and oxygen atoms in total. The molecule has 5 heteroatoms. The molecule has 0 spiro atoms. The molecule has 1 aromatic carbocycles. The van der Waals surface area contributed by atoms with Gasteiger partial charge in [-0.2, -0.15) is 0 Å². The molecule has 17 heavy (non-hydrogen) atoms. The molecule has 1 aliphatic heterocycles. The number of aliphatic hydroxyl groups is 1. The van der Waals surface area contributed by atoms with E-state index in [4.69, 9.17) is 0 Å². The van der Waals surface area contributed by atoms with Crippen molar-refractivity contribution in [3.63, 3.8) is 0 Å². The van der Waals surface area contributed by atoms with Crippen molar-refractivity contribution in [3.05, 3.63) is 30.3 Å². The van der Waals surface area contributed by atoms with Gasteiger partial charge in [0, 0.05) is 12.2 Å². The van der Waals surface area contributed by atoms with Gasteiger partial charge in [0.25, 0.3) is 0 Å². The lowest BCUT2D eigenvalue weighted by Crippen LogP contribution is -2.43. The highest BCUT2D eigenvalue weighted by Crippen LogP contribution is 2.24. The molecule has 94 valence electrons. The van der Waals surface area contributed by atoms with E-state index in [1.165, 1.54) is 0 Å². The third-order valence-corrected chi connectivity index (χ3v) is 4.82. The summed E-state index contributed by atoms with van der Waals surface area (Å²) in [5, 5.41) is 9.87. The largest absolute Gasteiger partial charge is 0.390 e. The van der Waals surface area contributed by atoms with Gasteiger partial charge in [0.05, 0.1) is 23.7 Å². The second kappa shape index (κ2) is 4.66. The zero-order valence-electron chi connectivity index (χ0n) is 9.78. The number of sulfone groups is 1. The number of hydrogen-bond acceptors (Lipinski definition) is 4. The number of aliphatic hydroxyl groups excluding tert-OH is 1. The molecule has 0 radical (unpaired) electrons. The standard InChI is InChI=1S/C12H17NO3S/c1-2-13(10-6-4-3-5-7-10)11-8-17(15,16)9-12(11)14/h3-7,11-12,14H,2,8-9H2,1H3/t11-,12-/m1/s1. The summed E-state index contributed by atoms with van der Waals surface area (Å²) in [5.41, 5.74) is 0.955. The van der Waals surface area contributed by atoms with Crippen LogP contribution in [0.4, 0.5) is 5.69 Å². The maximum atomic E-state index is 11.5. The van der Waals surface area contributed by atoms with Crippen LogP contribution in [0.5, 0.6) is 0 Å². The first-order valence-corrected chi connectivity index (χ1v) is 7.56. The minimum atomic E-state index is -3.10. The van der Waals surface area contributed by atoms with Crippen LogP contribution in [0.15, 0.2) is 30.3 Å². The highest BCUT2D eigenvalue weighted by Gasteiger charge is 2.39. The first-order valence-electron chi connectivity index (χ1n) is 5.73. The van der Waals surface area contributed by atoms with Crippen molar-refractivity contribution in [2.24, 2.45) is 0 Å². The van der Waals surface area contributed by atoms with Gasteiger partial charge < -0.3 is 10.0 Å². The van der Waals surface area contributed by atoms with Crippen LogP contribution in [-0.4, -0.2) is 43.7 Å². The maximum Gasteiger partial charge on any atom is 0.155 e. The van der Waals surface area contributed by atoms with E-state index in [1.54, 1.807) is 0 Å². The molecular formula is C12H17NO3S. The Morgan fingerprint density at radius 2 is 1.94 bits per heavy atom. The van der Waals surface area contributed by atoms with E-state index in [0.717, 1.165) is 5.69 Å². The molecule has 0 saturated carbocycles. The van der Waals surface area contributed by atoms with E-state index in [9.17, 15) is 13.5 Å². The van der Waals surface area contributed by atoms with E-state index < -0.39 is 15.9 Å². The Hall–Kier alpha value is -1.07. The Balaban J connectivity index is 2.26. The zero-order chi connectivity index (χ0) is 12.5. The molecule has 0 aliphatic carbocycles. The van der Waals surface area contributed by atoms with E-state index >= 15 is 0 Å². The van der Waals surface area contributed by atoms with Crippen molar-refractivity contribution in [1.29, 1.82) is 0 Å². The normalized spacial score (nSPS) is 26.9. The van der Waals surface area contributed by atoms with Gasteiger partial charge in [-0.25, -0.2) is 8.42 Å². The summed E-state index contributed by atoms with van der Waals surface area (Å²) in [6, 6.07) is 9.27. The van der Waals surface area contributed by atoms with Gasteiger partial charge >= 0.3 is 0 Å². The van der Waals surface area contributed by atoms with Crippen LogP contribution >= 0.6 is 0 Å². The number of para-hydroxylation sites is 1. The molecule has 2 atom stereocenters. The lowest BCUT2D eigenvalue weighted by molar-refractivity contribution is 0.179. The van der Waals surface area contributed by atoms with Crippen LogP contribution in [0.3, 0.4) is 0 Å². The highest BCUT2D eigenvalue weighted by molar-refractivity contribution is 7.91. The predicted molar refractivity (Wildman–Crippen MR) is 67.9 cm³/mol. The number of benzene rings is 1. The molecule has 0 amide bonds. The topological polar surface area (TPSA) is 57.6 Å². The van der Waals surface area contributed by atoms with Gasteiger partial charge in [-0.3, -0.25) is 0 Å². The molecular weight excluding hydrogens is 238 g/mol. The van der Waals surface area contributed by atoms with Crippen molar-refractivity contribution < 1.29 is 13.5 Å². The third kappa shape index (κ3) is 2.61. The van der Waals surface area contributed by atoms with Gasteiger partial charge in [-0.15, -0.1) is 0 Å². The molecule has 1 saturated heterocycles. The molecule has 1 fully saturated rings. The summed E-state index contributed by atoms with van der Waals surface area (Å²) in [6.07, 6.45) is -0.792. The summed E-state index contributed by atoms with van der Waals surface area (Å²) in [5.74, 6) is -0.0854. The van der Waals surface area contributed by atoms with Gasteiger partial charge in [-0.1, -0.05) is 18.2 Å². The number of hydrogen-bond donors (Lipinski definition) is 1. The molecule has 1 aliphatic rings. The van der Waals surface area contributed by atoms with Gasteiger partial charge in [0.1, 0.15) is 0 Å². The van der Waals surface area contributed by atoms with Crippen LogP contribution in [0, 0.1) is 0 Å². The average molecular weight is 255 g/mol. The third-order valence-electron chi connectivity index (χ3n) is 3.12. The molecule has 0 aromatic heterocycles. The second-order valence-corrected chi connectivity index (χ2v) is 6.49. The molecule has 0 unspecified atom stereocenters. The predicted octanol–water partition coefficient (Wildman–Crippen LogP) is 0.671. The van der Waals surface area contributed by atoms with Crippen LogP contribution in [0.2, 0.25) is 0 Å². The Kier molecular flexibility index (Phi) is 3.40. The smallest absolute Gasteiger partial charge is 0.155 e. The number of anilines is 1. The molecule has 2 rings (SSSR count). The lowest BCUT2D eigenvalue weighted by atomic mass is 10.1. The maximum absolute atomic E-state index is 11.5. The van der Waals surface area contributed by atoms with Crippen LogP contribution in [0.25, 0.3) is 0 Å². The molecule has 0 bridgehead atoms. The SMILES string of the molecule is CCN(c1ccccc1)[C@@H]1CS(=O)(=O)C[C@H]1O. The zero-order valence-corrected chi connectivity index (χ0v) is 10.6. The van der Waals surface area contributed by atoms with Gasteiger partial charge in [0.15, 0.2) is 9.84 Å². The van der Waals surface area contributed by atoms with Crippen molar-refractivity contribution in [1.82, 2.24) is 0 Å². The Labute approximate surface area is 102 Å². The summed E-state index contributed by atoms with van der Waals surface area (Å²) in [7, 11) is -3.10. The Bertz CT molecular complexity index is 472. The van der Waals surface area contributed by atoms with Crippen molar-refractivity contribution in [3.8, 4) is 0 Å². The van der Waals surface area contributed by atoms with Gasteiger partial charge in [0.2, 0.25) is 0 Å². The summed E-state index contributed by atoms with van der Waals surface area (Å²) >= 11 is 0. The number of nitrogens with zero attached hydrogens (tertiary/aromatic N) is 1. The number of likely N-dealkylation sites (N-methyl/N-ethyl adjacent to an activating group) is 1. The monoisotopic (exact) mass is 255 g/mol. The Morgan fingerprint density at radius 1 is 1.29 bits per heavy atom. The van der Waals surface area contributed by atoms with E-state index in [0.29, 0.717) is 6.54 Å². The van der Waals surface area contributed by atoms with Crippen LogP contribution in [-0.2, 0) is 9.84 Å². The summed E-state index contributed by atoms with van der Waals surface area (Å²) in [6.45, 7) is 2.64. The fraction of sp³-hybridized carbons (Fsp3) is 0.500. The van der Waals surface area contributed by atoms with E-state index in [2.05, 4.69) is 0 Å². The molecule has 1 heterocycles.